The molecule has 0 spiro atoms. The summed E-state index contributed by atoms with van der Waals surface area (Å²) < 4.78 is 11.7. The average molecular weight is 404 g/mol. The topological polar surface area (TPSA) is 47.6 Å². The van der Waals surface area contributed by atoms with E-state index in [4.69, 9.17) is 9.47 Å². The van der Waals surface area contributed by atoms with Gasteiger partial charge in [0, 0.05) is 25.2 Å². The predicted octanol–water partition coefficient (Wildman–Crippen LogP) is 4.86. The minimum Gasteiger partial charge on any atom is -0.481 e. The SMILES string of the molecule is CCC(Oc1ccc2ccccc2c1)C(=O)NCC1(c2ccccc2)CCOCC1. The molecule has 0 saturated carbocycles. The Morgan fingerprint density at radius 1 is 1.00 bits per heavy atom. The normalized spacial score (nSPS) is 16.7. The second kappa shape index (κ2) is 9.31. The lowest BCUT2D eigenvalue weighted by molar-refractivity contribution is -0.128. The van der Waals surface area contributed by atoms with Crippen molar-refractivity contribution in [3.05, 3.63) is 78.4 Å². The first kappa shape index (κ1) is 20.4. The maximum Gasteiger partial charge on any atom is 0.261 e. The molecular weight excluding hydrogens is 374 g/mol. The van der Waals surface area contributed by atoms with E-state index in [-0.39, 0.29) is 11.3 Å². The summed E-state index contributed by atoms with van der Waals surface area (Å²) >= 11 is 0. The third-order valence-corrected chi connectivity index (χ3v) is 6.10. The van der Waals surface area contributed by atoms with Crippen LogP contribution in [0.2, 0.25) is 0 Å². The predicted molar refractivity (Wildman–Crippen MR) is 120 cm³/mol. The lowest BCUT2D eigenvalue weighted by atomic mass is 9.74. The van der Waals surface area contributed by atoms with Crippen LogP contribution in [0, 0.1) is 0 Å². The van der Waals surface area contributed by atoms with Crippen molar-refractivity contribution in [3.63, 3.8) is 0 Å². The van der Waals surface area contributed by atoms with Gasteiger partial charge in [-0.2, -0.15) is 0 Å². The van der Waals surface area contributed by atoms with E-state index in [1.807, 2.05) is 43.3 Å². The molecule has 1 unspecified atom stereocenters. The van der Waals surface area contributed by atoms with Crippen LogP contribution in [0.4, 0.5) is 0 Å². The van der Waals surface area contributed by atoms with Gasteiger partial charge >= 0.3 is 0 Å². The van der Waals surface area contributed by atoms with Gasteiger partial charge in [0.05, 0.1) is 0 Å². The van der Waals surface area contributed by atoms with Gasteiger partial charge in [-0.15, -0.1) is 0 Å². The number of ether oxygens (including phenoxy) is 2. The summed E-state index contributed by atoms with van der Waals surface area (Å²) in [7, 11) is 0. The van der Waals surface area contributed by atoms with Gasteiger partial charge in [0.25, 0.3) is 5.91 Å². The molecule has 1 saturated heterocycles. The maximum atomic E-state index is 13.0. The molecule has 0 radical (unpaired) electrons. The van der Waals surface area contributed by atoms with Gasteiger partial charge in [-0.05, 0) is 47.7 Å². The Labute approximate surface area is 178 Å². The van der Waals surface area contributed by atoms with Crippen LogP contribution in [0.1, 0.15) is 31.7 Å². The number of hydrogen-bond acceptors (Lipinski definition) is 3. The van der Waals surface area contributed by atoms with E-state index in [1.54, 1.807) is 0 Å². The molecule has 4 rings (SSSR count). The Morgan fingerprint density at radius 3 is 2.43 bits per heavy atom. The molecule has 1 heterocycles. The Hall–Kier alpha value is -2.85. The van der Waals surface area contributed by atoms with Crippen molar-refractivity contribution >= 4 is 16.7 Å². The Balaban J connectivity index is 1.45. The molecular formula is C26H29NO3. The maximum absolute atomic E-state index is 13.0. The van der Waals surface area contributed by atoms with Crippen molar-refractivity contribution in [2.24, 2.45) is 0 Å². The fourth-order valence-electron chi connectivity index (χ4n) is 4.22. The minimum absolute atomic E-state index is 0.0625. The summed E-state index contributed by atoms with van der Waals surface area (Å²) in [6, 6.07) is 24.6. The first-order chi connectivity index (χ1) is 14.7. The number of carbonyl (C=O) groups is 1. The van der Waals surface area contributed by atoms with Gasteiger partial charge in [0.2, 0.25) is 0 Å². The van der Waals surface area contributed by atoms with E-state index in [1.165, 1.54) is 5.56 Å². The highest BCUT2D eigenvalue weighted by molar-refractivity contribution is 5.84. The zero-order chi connectivity index (χ0) is 20.8. The summed E-state index contributed by atoms with van der Waals surface area (Å²) in [5.74, 6) is 0.659. The first-order valence-corrected chi connectivity index (χ1v) is 10.8. The van der Waals surface area contributed by atoms with Crippen LogP contribution in [0.3, 0.4) is 0 Å². The van der Waals surface area contributed by atoms with Crippen molar-refractivity contribution in [2.45, 2.75) is 37.7 Å². The molecule has 3 aromatic carbocycles. The molecule has 1 aliphatic rings. The Morgan fingerprint density at radius 2 is 1.70 bits per heavy atom. The molecule has 0 aromatic heterocycles. The fourth-order valence-corrected chi connectivity index (χ4v) is 4.22. The van der Waals surface area contributed by atoms with Crippen LogP contribution >= 0.6 is 0 Å². The lowest BCUT2D eigenvalue weighted by Gasteiger charge is -2.38. The molecule has 4 nitrogen and oxygen atoms in total. The fraction of sp³-hybridized carbons (Fsp3) is 0.346. The monoisotopic (exact) mass is 403 g/mol. The van der Waals surface area contributed by atoms with Gasteiger partial charge in [0.15, 0.2) is 6.10 Å². The van der Waals surface area contributed by atoms with E-state index in [9.17, 15) is 4.79 Å². The van der Waals surface area contributed by atoms with Crippen molar-refractivity contribution in [1.82, 2.24) is 5.32 Å². The van der Waals surface area contributed by atoms with E-state index >= 15 is 0 Å². The number of rotatable bonds is 7. The number of benzene rings is 3. The molecule has 1 fully saturated rings. The third-order valence-electron chi connectivity index (χ3n) is 6.10. The zero-order valence-electron chi connectivity index (χ0n) is 17.5. The molecule has 1 atom stereocenters. The molecule has 1 N–H and O–H groups in total. The lowest BCUT2D eigenvalue weighted by Crippen LogP contribution is -2.48. The molecule has 0 bridgehead atoms. The van der Waals surface area contributed by atoms with Crippen molar-refractivity contribution in [1.29, 1.82) is 0 Å². The van der Waals surface area contributed by atoms with Crippen LogP contribution in [-0.2, 0) is 14.9 Å². The average Bonchev–Trinajstić information content (AvgIpc) is 2.82. The summed E-state index contributed by atoms with van der Waals surface area (Å²) in [6.07, 6.45) is 1.90. The van der Waals surface area contributed by atoms with E-state index in [0.717, 1.165) is 42.6 Å². The largest absolute Gasteiger partial charge is 0.481 e. The van der Waals surface area contributed by atoms with Gasteiger partial charge in [-0.1, -0.05) is 67.6 Å². The van der Waals surface area contributed by atoms with Crippen molar-refractivity contribution in [2.75, 3.05) is 19.8 Å². The highest BCUT2D eigenvalue weighted by Crippen LogP contribution is 2.34. The highest BCUT2D eigenvalue weighted by atomic mass is 16.5. The number of amides is 1. The summed E-state index contributed by atoms with van der Waals surface area (Å²) in [6.45, 7) is 4.01. The molecule has 30 heavy (non-hydrogen) atoms. The van der Waals surface area contributed by atoms with Crippen LogP contribution < -0.4 is 10.1 Å². The van der Waals surface area contributed by atoms with Crippen LogP contribution in [0.25, 0.3) is 10.8 Å². The van der Waals surface area contributed by atoms with Crippen LogP contribution in [-0.4, -0.2) is 31.8 Å². The second-order valence-corrected chi connectivity index (χ2v) is 8.00. The smallest absolute Gasteiger partial charge is 0.261 e. The van der Waals surface area contributed by atoms with E-state index < -0.39 is 6.10 Å². The summed E-state index contributed by atoms with van der Waals surface area (Å²) in [5, 5.41) is 5.45. The molecule has 3 aromatic rings. The van der Waals surface area contributed by atoms with E-state index in [2.05, 4.69) is 41.7 Å². The van der Waals surface area contributed by atoms with Gasteiger partial charge in [0.1, 0.15) is 5.75 Å². The summed E-state index contributed by atoms with van der Waals surface area (Å²) in [4.78, 5) is 13.0. The first-order valence-electron chi connectivity index (χ1n) is 10.8. The number of nitrogens with one attached hydrogen (secondary N) is 1. The zero-order valence-corrected chi connectivity index (χ0v) is 17.5. The second-order valence-electron chi connectivity index (χ2n) is 8.00. The molecule has 0 aliphatic carbocycles. The molecule has 4 heteroatoms. The quantitative estimate of drug-likeness (QED) is 0.613. The standard InChI is InChI=1S/C26H29NO3/c1-2-24(30-23-13-12-20-8-6-7-9-21(20)18-23)25(28)27-19-26(14-16-29-17-15-26)22-10-4-3-5-11-22/h3-13,18,24H,2,14-17,19H2,1H3,(H,27,28). The van der Waals surface area contributed by atoms with Crippen LogP contribution in [0.15, 0.2) is 72.8 Å². The van der Waals surface area contributed by atoms with Crippen molar-refractivity contribution < 1.29 is 14.3 Å². The molecule has 1 aliphatic heterocycles. The van der Waals surface area contributed by atoms with Gasteiger partial charge < -0.3 is 14.8 Å². The number of hydrogen-bond donors (Lipinski definition) is 1. The number of carbonyl (C=O) groups excluding carboxylic acids is 1. The third kappa shape index (κ3) is 4.49. The highest BCUT2D eigenvalue weighted by Gasteiger charge is 2.35. The van der Waals surface area contributed by atoms with Crippen LogP contribution in [0.5, 0.6) is 5.75 Å². The van der Waals surface area contributed by atoms with E-state index in [0.29, 0.717) is 13.0 Å². The molecule has 156 valence electrons. The van der Waals surface area contributed by atoms with Crippen molar-refractivity contribution in [3.8, 4) is 5.75 Å². The Kier molecular flexibility index (Phi) is 6.34. The number of fused-ring (bicyclic) bond motifs is 1. The van der Waals surface area contributed by atoms with Gasteiger partial charge in [-0.3, -0.25) is 4.79 Å². The Bertz CT molecular complexity index is 980. The minimum atomic E-state index is -0.515. The summed E-state index contributed by atoms with van der Waals surface area (Å²) in [5.41, 5.74) is 1.17. The van der Waals surface area contributed by atoms with Gasteiger partial charge in [-0.25, -0.2) is 0 Å². The molecule has 1 amide bonds.